The summed E-state index contributed by atoms with van der Waals surface area (Å²) in [6, 6.07) is 7.27. The zero-order valence-corrected chi connectivity index (χ0v) is 9.32. The van der Waals surface area contributed by atoms with Crippen molar-refractivity contribution in [2.24, 2.45) is 0 Å². The van der Waals surface area contributed by atoms with Crippen molar-refractivity contribution in [2.75, 3.05) is 0 Å². The number of aromatic nitrogens is 3. The summed E-state index contributed by atoms with van der Waals surface area (Å²) in [5.74, 6) is -1.02. The third-order valence-electron chi connectivity index (χ3n) is 2.72. The van der Waals surface area contributed by atoms with Gasteiger partial charge in [-0.2, -0.15) is 0 Å². The second-order valence-corrected chi connectivity index (χ2v) is 3.88. The molecule has 1 N–H and O–H groups in total. The molecular formula is C13H9N3O2. The van der Waals surface area contributed by atoms with Crippen molar-refractivity contribution in [1.82, 2.24) is 14.4 Å². The Hall–Kier alpha value is -2.69. The van der Waals surface area contributed by atoms with Gasteiger partial charge in [0, 0.05) is 29.7 Å². The van der Waals surface area contributed by atoms with Crippen LogP contribution in [0, 0.1) is 0 Å². The number of hydrogen-bond acceptors (Lipinski definition) is 3. The highest BCUT2D eigenvalue weighted by Gasteiger charge is 2.07. The summed E-state index contributed by atoms with van der Waals surface area (Å²) in [6.45, 7) is 0. The van der Waals surface area contributed by atoms with Gasteiger partial charge in [0.15, 0.2) is 5.69 Å². The molecule has 3 heterocycles. The number of carbonyl (C=O) groups is 1. The third-order valence-corrected chi connectivity index (χ3v) is 2.72. The molecule has 0 amide bonds. The first kappa shape index (κ1) is 10.5. The molecule has 0 saturated carbocycles. The van der Waals surface area contributed by atoms with Crippen LogP contribution in [0.1, 0.15) is 10.5 Å². The minimum atomic E-state index is -1.02. The van der Waals surface area contributed by atoms with Crippen molar-refractivity contribution >= 4 is 11.5 Å². The molecule has 0 bridgehead atoms. The Morgan fingerprint density at radius 3 is 2.67 bits per heavy atom. The van der Waals surface area contributed by atoms with Gasteiger partial charge in [-0.1, -0.05) is 0 Å². The third kappa shape index (κ3) is 1.71. The van der Waals surface area contributed by atoms with Crippen LogP contribution in [0.5, 0.6) is 0 Å². The van der Waals surface area contributed by atoms with Crippen molar-refractivity contribution < 1.29 is 9.90 Å². The van der Waals surface area contributed by atoms with Crippen LogP contribution in [0.2, 0.25) is 0 Å². The Kier molecular flexibility index (Phi) is 2.30. The van der Waals surface area contributed by atoms with Crippen LogP contribution in [0.3, 0.4) is 0 Å². The summed E-state index contributed by atoms with van der Waals surface area (Å²) in [7, 11) is 0. The van der Waals surface area contributed by atoms with Crippen molar-refractivity contribution in [3.05, 3.63) is 54.9 Å². The SMILES string of the molecule is O=C(O)c1cc2cc(-c3ccncc3)cn2cn1. The van der Waals surface area contributed by atoms with Crippen LogP contribution >= 0.6 is 0 Å². The molecule has 88 valence electrons. The van der Waals surface area contributed by atoms with E-state index in [9.17, 15) is 4.79 Å². The van der Waals surface area contributed by atoms with E-state index in [1.54, 1.807) is 22.9 Å². The summed E-state index contributed by atoms with van der Waals surface area (Å²) < 4.78 is 1.79. The molecule has 0 fully saturated rings. The molecule has 0 unspecified atom stereocenters. The summed E-state index contributed by atoms with van der Waals surface area (Å²) in [5, 5.41) is 8.89. The van der Waals surface area contributed by atoms with Crippen molar-refractivity contribution in [3.63, 3.8) is 0 Å². The van der Waals surface area contributed by atoms with Gasteiger partial charge in [0.25, 0.3) is 0 Å². The maximum atomic E-state index is 10.8. The molecule has 3 aromatic rings. The Morgan fingerprint density at radius 1 is 1.17 bits per heavy atom. The standard InChI is InChI=1S/C13H9N3O2/c17-13(18)12-6-11-5-10(7-16(11)8-15-12)9-1-3-14-4-2-9/h1-8H,(H,17,18). The lowest BCUT2D eigenvalue weighted by atomic mass is 10.1. The highest BCUT2D eigenvalue weighted by atomic mass is 16.4. The smallest absolute Gasteiger partial charge is 0.354 e. The van der Waals surface area contributed by atoms with Crippen LogP contribution in [-0.2, 0) is 0 Å². The summed E-state index contributed by atoms with van der Waals surface area (Å²) >= 11 is 0. The molecule has 0 aliphatic heterocycles. The maximum absolute atomic E-state index is 10.8. The highest BCUT2D eigenvalue weighted by Crippen LogP contribution is 2.21. The van der Waals surface area contributed by atoms with Gasteiger partial charge in [0.1, 0.15) is 6.33 Å². The van der Waals surface area contributed by atoms with Crippen LogP contribution in [0.15, 0.2) is 49.2 Å². The number of hydrogen-bond donors (Lipinski definition) is 1. The topological polar surface area (TPSA) is 67.5 Å². The number of nitrogens with zero attached hydrogens (tertiary/aromatic N) is 3. The predicted molar refractivity (Wildman–Crippen MR) is 65.4 cm³/mol. The Bertz CT molecular complexity index is 719. The lowest BCUT2D eigenvalue weighted by Gasteiger charge is -1.95. The van der Waals surface area contributed by atoms with Crippen LogP contribution in [0.25, 0.3) is 16.6 Å². The normalized spacial score (nSPS) is 10.7. The predicted octanol–water partition coefficient (Wildman–Crippen LogP) is 2.09. The first-order chi connectivity index (χ1) is 8.74. The van der Waals surface area contributed by atoms with E-state index >= 15 is 0 Å². The Labute approximate surface area is 102 Å². The second-order valence-electron chi connectivity index (χ2n) is 3.88. The number of pyridine rings is 1. The molecule has 0 aliphatic carbocycles. The second kappa shape index (κ2) is 3.96. The molecule has 18 heavy (non-hydrogen) atoms. The first-order valence-electron chi connectivity index (χ1n) is 5.35. The van der Waals surface area contributed by atoms with E-state index in [1.165, 1.54) is 6.33 Å². The number of carboxylic acid groups (broad SMARTS) is 1. The highest BCUT2D eigenvalue weighted by molar-refractivity contribution is 5.87. The minimum Gasteiger partial charge on any atom is -0.477 e. The van der Waals surface area contributed by atoms with E-state index in [4.69, 9.17) is 5.11 Å². The zero-order chi connectivity index (χ0) is 12.5. The van der Waals surface area contributed by atoms with Crippen LogP contribution in [0.4, 0.5) is 0 Å². The molecule has 3 aromatic heterocycles. The lowest BCUT2D eigenvalue weighted by molar-refractivity contribution is 0.0690. The maximum Gasteiger partial charge on any atom is 0.354 e. The molecule has 0 aliphatic rings. The van der Waals surface area contributed by atoms with Gasteiger partial charge in [-0.3, -0.25) is 4.98 Å². The van der Waals surface area contributed by atoms with Crippen molar-refractivity contribution in [3.8, 4) is 11.1 Å². The quantitative estimate of drug-likeness (QED) is 0.743. The Morgan fingerprint density at radius 2 is 1.94 bits per heavy atom. The summed E-state index contributed by atoms with van der Waals surface area (Å²) in [6.07, 6.45) is 6.85. The zero-order valence-electron chi connectivity index (χ0n) is 9.32. The van der Waals surface area contributed by atoms with E-state index in [-0.39, 0.29) is 5.69 Å². The monoisotopic (exact) mass is 239 g/mol. The largest absolute Gasteiger partial charge is 0.477 e. The van der Waals surface area contributed by atoms with Gasteiger partial charge in [0.05, 0.1) is 0 Å². The lowest BCUT2D eigenvalue weighted by Crippen LogP contribution is -2.00. The summed E-state index contributed by atoms with van der Waals surface area (Å²) in [5.41, 5.74) is 2.88. The average molecular weight is 239 g/mol. The minimum absolute atomic E-state index is 0.0434. The average Bonchev–Trinajstić information content (AvgIpc) is 2.82. The Balaban J connectivity index is 2.14. The molecular weight excluding hydrogens is 230 g/mol. The van der Waals surface area contributed by atoms with Gasteiger partial charge in [-0.15, -0.1) is 0 Å². The van der Waals surface area contributed by atoms with E-state index in [0.717, 1.165) is 16.6 Å². The van der Waals surface area contributed by atoms with E-state index in [0.29, 0.717) is 0 Å². The van der Waals surface area contributed by atoms with Gasteiger partial charge in [0.2, 0.25) is 0 Å². The molecule has 0 aromatic carbocycles. The van der Waals surface area contributed by atoms with E-state index < -0.39 is 5.97 Å². The van der Waals surface area contributed by atoms with Gasteiger partial charge in [-0.25, -0.2) is 9.78 Å². The molecule has 3 rings (SSSR count). The number of fused-ring (bicyclic) bond motifs is 1. The van der Waals surface area contributed by atoms with Crippen LogP contribution in [-0.4, -0.2) is 25.4 Å². The molecule has 0 radical (unpaired) electrons. The number of aromatic carboxylic acids is 1. The molecule has 5 nitrogen and oxygen atoms in total. The van der Waals surface area contributed by atoms with Crippen molar-refractivity contribution in [1.29, 1.82) is 0 Å². The molecule has 0 spiro atoms. The molecule has 0 saturated heterocycles. The van der Waals surface area contributed by atoms with E-state index in [1.807, 2.05) is 24.4 Å². The fraction of sp³-hybridized carbons (Fsp3) is 0. The number of carboxylic acids is 1. The molecule has 0 atom stereocenters. The van der Waals surface area contributed by atoms with E-state index in [2.05, 4.69) is 9.97 Å². The van der Waals surface area contributed by atoms with Crippen LogP contribution < -0.4 is 0 Å². The fourth-order valence-electron chi connectivity index (χ4n) is 1.83. The van der Waals surface area contributed by atoms with Crippen molar-refractivity contribution in [2.45, 2.75) is 0 Å². The fourth-order valence-corrected chi connectivity index (χ4v) is 1.83. The van der Waals surface area contributed by atoms with Gasteiger partial charge in [-0.05, 0) is 29.8 Å². The van der Waals surface area contributed by atoms with Gasteiger partial charge < -0.3 is 9.51 Å². The molecule has 5 heteroatoms. The first-order valence-corrected chi connectivity index (χ1v) is 5.35. The number of rotatable bonds is 2. The van der Waals surface area contributed by atoms with Gasteiger partial charge >= 0.3 is 5.97 Å². The summed E-state index contributed by atoms with van der Waals surface area (Å²) in [4.78, 5) is 18.7.